The van der Waals surface area contributed by atoms with E-state index < -0.39 is 17.9 Å². The maximum atomic E-state index is 11.7. The first-order chi connectivity index (χ1) is 7.95. The van der Waals surface area contributed by atoms with Crippen molar-refractivity contribution < 1.29 is 14.7 Å². The van der Waals surface area contributed by atoms with Crippen LogP contribution in [0, 0.1) is 0 Å². The van der Waals surface area contributed by atoms with Crippen LogP contribution in [0.15, 0.2) is 18.2 Å². The van der Waals surface area contributed by atoms with Gasteiger partial charge in [0.1, 0.15) is 6.04 Å². The Kier molecular flexibility index (Phi) is 4.78. The van der Waals surface area contributed by atoms with Crippen LogP contribution in [0.3, 0.4) is 0 Å². The largest absolute Gasteiger partial charge is 0.480 e. The van der Waals surface area contributed by atoms with E-state index in [1.165, 1.54) is 18.2 Å². The molecule has 1 aromatic carbocycles. The van der Waals surface area contributed by atoms with E-state index in [1.54, 1.807) is 6.92 Å². The van der Waals surface area contributed by atoms with Gasteiger partial charge in [0.2, 0.25) is 0 Å². The van der Waals surface area contributed by atoms with Crippen LogP contribution in [0.25, 0.3) is 0 Å². The maximum absolute atomic E-state index is 11.7. The third-order valence-corrected chi connectivity index (χ3v) is 2.74. The van der Waals surface area contributed by atoms with Gasteiger partial charge in [0.25, 0.3) is 5.91 Å². The van der Waals surface area contributed by atoms with E-state index in [1.807, 2.05) is 0 Å². The van der Waals surface area contributed by atoms with Crippen molar-refractivity contribution in [2.75, 3.05) is 0 Å². The molecule has 0 bridgehead atoms. The molecule has 0 heterocycles. The number of benzene rings is 1. The number of hydrogen-bond acceptors (Lipinski definition) is 2. The highest BCUT2D eigenvalue weighted by atomic mass is 35.5. The SMILES string of the molecule is CCC(NC(=O)c1ccc(Cl)cc1Cl)C(=O)O. The Hall–Kier alpha value is -1.26. The number of halogens is 2. The molecule has 1 aromatic rings. The summed E-state index contributed by atoms with van der Waals surface area (Å²) in [6.45, 7) is 1.67. The van der Waals surface area contributed by atoms with Gasteiger partial charge in [-0.05, 0) is 24.6 Å². The van der Waals surface area contributed by atoms with Gasteiger partial charge in [-0.2, -0.15) is 0 Å². The van der Waals surface area contributed by atoms with Gasteiger partial charge in [-0.1, -0.05) is 30.1 Å². The van der Waals surface area contributed by atoms with Gasteiger partial charge in [0.15, 0.2) is 0 Å². The summed E-state index contributed by atoms with van der Waals surface area (Å²) in [6, 6.07) is 3.48. The second-order valence-corrected chi connectivity index (χ2v) is 4.24. The molecule has 0 aliphatic carbocycles. The number of carboxylic acids is 1. The predicted octanol–water partition coefficient (Wildman–Crippen LogP) is 2.59. The topological polar surface area (TPSA) is 66.4 Å². The number of carboxylic acid groups (broad SMARTS) is 1. The second kappa shape index (κ2) is 5.89. The summed E-state index contributed by atoms with van der Waals surface area (Å²) in [5.74, 6) is -1.60. The lowest BCUT2D eigenvalue weighted by Gasteiger charge is -2.12. The summed E-state index contributed by atoms with van der Waals surface area (Å²) < 4.78 is 0. The first kappa shape index (κ1) is 13.8. The molecule has 6 heteroatoms. The standard InChI is InChI=1S/C11H11Cl2NO3/c1-2-9(11(16)17)14-10(15)7-4-3-6(12)5-8(7)13/h3-5,9H,2H2,1H3,(H,14,15)(H,16,17). The Bertz CT molecular complexity index is 448. The average Bonchev–Trinajstić information content (AvgIpc) is 2.24. The third-order valence-electron chi connectivity index (χ3n) is 2.19. The molecule has 0 saturated carbocycles. The average molecular weight is 276 g/mol. The number of carbonyl (C=O) groups excluding carboxylic acids is 1. The van der Waals surface area contributed by atoms with Crippen molar-refractivity contribution in [3.05, 3.63) is 33.8 Å². The molecule has 0 saturated heterocycles. The summed E-state index contributed by atoms with van der Waals surface area (Å²) in [6.07, 6.45) is 0.298. The van der Waals surface area contributed by atoms with Gasteiger partial charge in [-0.25, -0.2) is 4.79 Å². The number of rotatable bonds is 4. The molecule has 1 amide bonds. The highest BCUT2D eigenvalue weighted by molar-refractivity contribution is 6.36. The number of nitrogens with one attached hydrogen (secondary N) is 1. The summed E-state index contributed by atoms with van der Waals surface area (Å²) in [5, 5.41) is 11.8. The molecule has 1 unspecified atom stereocenters. The van der Waals surface area contributed by atoms with Gasteiger partial charge in [-0.15, -0.1) is 0 Å². The van der Waals surface area contributed by atoms with Gasteiger partial charge in [0.05, 0.1) is 10.6 Å². The van der Waals surface area contributed by atoms with Crippen LogP contribution >= 0.6 is 23.2 Å². The number of aliphatic carboxylic acids is 1. The molecule has 92 valence electrons. The number of carbonyl (C=O) groups is 2. The Morgan fingerprint density at radius 3 is 2.53 bits per heavy atom. The van der Waals surface area contributed by atoms with Crippen LogP contribution in [0.1, 0.15) is 23.7 Å². The van der Waals surface area contributed by atoms with Crippen molar-refractivity contribution >= 4 is 35.1 Å². The second-order valence-electron chi connectivity index (χ2n) is 3.40. The Morgan fingerprint density at radius 1 is 1.41 bits per heavy atom. The Morgan fingerprint density at radius 2 is 2.06 bits per heavy atom. The van der Waals surface area contributed by atoms with Crippen LogP contribution in [-0.4, -0.2) is 23.0 Å². The zero-order valence-corrected chi connectivity index (χ0v) is 10.5. The fourth-order valence-corrected chi connectivity index (χ4v) is 1.74. The molecule has 0 fully saturated rings. The molecule has 0 aliphatic rings. The van der Waals surface area contributed by atoms with E-state index in [9.17, 15) is 9.59 Å². The minimum absolute atomic E-state index is 0.190. The highest BCUT2D eigenvalue weighted by Crippen LogP contribution is 2.20. The van der Waals surface area contributed by atoms with Crippen LogP contribution in [0.4, 0.5) is 0 Å². The third kappa shape index (κ3) is 3.61. The molecule has 1 atom stereocenters. The minimum Gasteiger partial charge on any atom is -0.480 e. The van der Waals surface area contributed by atoms with Gasteiger partial charge in [0, 0.05) is 5.02 Å². The van der Waals surface area contributed by atoms with Crippen LogP contribution in [0.5, 0.6) is 0 Å². The van der Waals surface area contributed by atoms with Crippen molar-refractivity contribution in [1.82, 2.24) is 5.32 Å². The van der Waals surface area contributed by atoms with E-state index in [2.05, 4.69) is 5.32 Å². The monoisotopic (exact) mass is 275 g/mol. The Balaban J connectivity index is 2.86. The molecular weight excluding hydrogens is 265 g/mol. The fraction of sp³-hybridized carbons (Fsp3) is 0.273. The summed E-state index contributed by atoms with van der Waals surface area (Å²) in [5.41, 5.74) is 0.204. The van der Waals surface area contributed by atoms with Crippen LogP contribution < -0.4 is 5.32 Å². The Labute approximate surface area is 109 Å². The quantitative estimate of drug-likeness (QED) is 0.888. The zero-order valence-electron chi connectivity index (χ0n) is 9.04. The van der Waals surface area contributed by atoms with Crippen LogP contribution in [-0.2, 0) is 4.79 Å². The first-order valence-corrected chi connectivity index (χ1v) is 5.70. The van der Waals surface area contributed by atoms with Gasteiger partial charge < -0.3 is 10.4 Å². The highest BCUT2D eigenvalue weighted by Gasteiger charge is 2.19. The first-order valence-electron chi connectivity index (χ1n) is 4.94. The lowest BCUT2D eigenvalue weighted by atomic mass is 10.1. The smallest absolute Gasteiger partial charge is 0.326 e. The fourth-order valence-electron chi connectivity index (χ4n) is 1.25. The van der Waals surface area contributed by atoms with E-state index in [4.69, 9.17) is 28.3 Å². The lowest BCUT2D eigenvalue weighted by Crippen LogP contribution is -2.40. The molecule has 17 heavy (non-hydrogen) atoms. The molecule has 0 aromatic heterocycles. The van der Waals surface area contributed by atoms with E-state index in [0.717, 1.165) is 0 Å². The van der Waals surface area contributed by atoms with E-state index >= 15 is 0 Å². The van der Waals surface area contributed by atoms with Crippen molar-refractivity contribution in [3.63, 3.8) is 0 Å². The molecule has 1 rings (SSSR count). The van der Waals surface area contributed by atoms with Crippen molar-refractivity contribution in [1.29, 1.82) is 0 Å². The zero-order chi connectivity index (χ0) is 13.0. The maximum Gasteiger partial charge on any atom is 0.326 e. The van der Waals surface area contributed by atoms with Crippen LogP contribution in [0.2, 0.25) is 10.0 Å². The normalized spacial score (nSPS) is 11.9. The van der Waals surface area contributed by atoms with Crippen molar-refractivity contribution in [3.8, 4) is 0 Å². The van der Waals surface area contributed by atoms with Crippen molar-refractivity contribution in [2.45, 2.75) is 19.4 Å². The molecular formula is C11H11Cl2NO3. The molecule has 0 aliphatic heterocycles. The van der Waals surface area contributed by atoms with Crippen molar-refractivity contribution in [2.24, 2.45) is 0 Å². The molecule has 0 radical (unpaired) electrons. The lowest BCUT2D eigenvalue weighted by molar-refractivity contribution is -0.139. The summed E-state index contributed by atoms with van der Waals surface area (Å²) in [7, 11) is 0. The summed E-state index contributed by atoms with van der Waals surface area (Å²) >= 11 is 11.5. The van der Waals surface area contributed by atoms with E-state index in [0.29, 0.717) is 11.4 Å². The predicted molar refractivity (Wildman–Crippen MR) is 65.6 cm³/mol. The van der Waals surface area contributed by atoms with Gasteiger partial charge in [-0.3, -0.25) is 4.79 Å². The minimum atomic E-state index is -1.08. The van der Waals surface area contributed by atoms with E-state index in [-0.39, 0.29) is 10.6 Å². The molecule has 0 spiro atoms. The number of hydrogen-bond donors (Lipinski definition) is 2. The van der Waals surface area contributed by atoms with Gasteiger partial charge >= 0.3 is 5.97 Å². The molecule has 2 N–H and O–H groups in total. The summed E-state index contributed by atoms with van der Waals surface area (Å²) in [4.78, 5) is 22.5. The number of amides is 1. The molecule has 4 nitrogen and oxygen atoms in total.